The van der Waals surface area contributed by atoms with E-state index in [4.69, 9.17) is 0 Å². The summed E-state index contributed by atoms with van der Waals surface area (Å²) >= 11 is 0. The number of nitrogens with one attached hydrogen (secondary N) is 2. The summed E-state index contributed by atoms with van der Waals surface area (Å²) in [5, 5.41) is 2.83. The van der Waals surface area contributed by atoms with Gasteiger partial charge in [0.25, 0.3) is 5.91 Å². The quantitative estimate of drug-likeness (QED) is 0.874. The molecule has 0 aliphatic carbocycles. The van der Waals surface area contributed by atoms with Crippen molar-refractivity contribution in [2.75, 3.05) is 5.32 Å². The maximum absolute atomic E-state index is 12.4. The van der Waals surface area contributed by atoms with E-state index in [0.717, 1.165) is 11.1 Å². The summed E-state index contributed by atoms with van der Waals surface area (Å²) in [6.45, 7) is 9.25. The number of aryl methyl sites for hydroxylation is 2. The molecule has 2 N–H and O–H groups in total. The summed E-state index contributed by atoms with van der Waals surface area (Å²) in [5.41, 5.74) is 2.66. The molecule has 0 saturated heterocycles. The Labute approximate surface area is 149 Å². The summed E-state index contributed by atoms with van der Waals surface area (Å²) < 4.78 is 27.2. The van der Waals surface area contributed by atoms with E-state index in [-0.39, 0.29) is 10.8 Å². The smallest absolute Gasteiger partial charge is 0.255 e. The summed E-state index contributed by atoms with van der Waals surface area (Å²) in [5.74, 6) is -0.280. The molecule has 0 aliphatic rings. The van der Waals surface area contributed by atoms with Crippen LogP contribution in [0.1, 0.15) is 42.3 Å². The zero-order chi connectivity index (χ0) is 18.8. The van der Waals surface area contributed by atoms with E-state index in [0.29, 0.717) is 11.3 Å². The van der Waals surface area contributed by atoms with E-state index in [2.05, 4.69) is 10.0 Å². The monoisotopic (exact) mass is 360 g/mol. The predicted octanol–water partition coefficient (Wildman–Crippen LogP) is 3.63. The van der Waals surface area contributed by atoms with Crippen molar-refractivity contribution in [1.29, 1.82) is 0 Å². The van der Waals surface area contributed by atoms with E-state index >= 15 is 0 Å². The highest BCUT2D eigenvalue weighted by molar-refractivity contribution is 7.89. The fourth-order valence-electron chi connectivity index (χ4n) is 2.50. The molecular weight excluding hydrogens is 336 g/mol. The van der Waals surface area contributed by atoms with Crippen LogP contribution < -0.4 is 10.0 Å². The van der Waals surface area contributed by atoms with Crippen molar-refractivity contribution >= 4 is 21.6 Å². The van der Waals surface area contributed by atoms with Gasteiger partial charge in [-0.3, -0.25) is 4.79 Å². The second-order valence-electron chi connectivity index (χ2n) is 7.21. The van der Waals surface area contributed by atoms with Gasteiger partial charge in [-0.25, -0.2) is 13.1 Å². The molecular formula is C19H24N2O3S. The zero-order valence-corrected chi connectivity index (χ0v) is 16.0. The Morgan fingerprint density at radius 2 is 1.44 bits per heavy atom. The molecule has 0 bridgehead atoms. The first-order valence-corrected chi connectivity index (χ1v) is 9.48. The van der Waals surface area contributed by atoms with Crippen LogP contribution in [0.2, 0.25) is 0 Å². The van der Waals surface area contributed by atoms with E-state index in [1.807, 2.05) is 32.0 Å². The van der Waals surface area contributed by atoms with Crippen molar-refractivity contribution in [2.45, 2.75) is 45.1 Å². The molecule has 25 heavy (non-hydrogen) atoms. The number of anilines is 1. The molecule has 2 aromatic rings. The standard InChI is InChI=1S/C19H24N2O3S/c1-13-10-14(2)12-16(11-13)20-18(22)15-6-8-17(9-7-15)25(23,24)21-19(3,4)5/h6-12,21H,1-5H3,(H,20,22). The van der Waals surface area contributed by atoms with Crippen molar-refractivity contribution in [3.8, 4) is 0 Å². The fraction of sp³-hybridized carbons (Fsp3) is 0.316. The SMILES string of the molecule is Cc1cc(C)cc(NC(=O)c2ccc(S(=O)(=O)NC(C)(C)C)cc2)c1. The van der Waals surface area contributed by atoms with Crippen molar-refractivity contribution < 1.29 is 13.2 Å². The molecule has 2 aromatic carbocycles. The zero-order valence-electron chi connectivity index (χ0n) is 15.2. The van der Waals surface area contributed by atoms with Gasteiger partial charge in [0, 0.05) is 16.8 Å². The largest absolute Gasteiger partial charge is 0.322 e. The third kappa shape index (κ3) is 5.41. The van der Waals surface area contributed by atoms with Gasteiger partial charge in [-0.2, -0.15) is 0 Å². The van der Waals surface area contributed by atoms with E-state index in [9.17, 15) is 13.2 Å². The van der Waals surface area contributed by atoms with Crippen LogP contribution in [0.3, 0.4) is 0 Å². The van der Waals surface area contributed by atoms with Crippen molar-refractivity contribution in [1.82, 2.24) is 4.72 Å². The van der Waals surface area contributed by atoms with Gasteiger partial charge >= 0.3 is 0 Å². The van der Waals surface area contributed by atoms with Gasteiger partial charge in [0.15, 0.2) is 0 Å². The average molecular weight is 360 g/mol. The predicted molar refractivity (Wildman–Crippen MR) is 100 cm³/mol. The number of carbonyl (C=O) groups is 1. The fourth-order valence-corrected chi connectivity index (χ4v) is 3.92. The van der Waals surface area contributed by atoms with Crippen molar-refractivity contribution in [3.05, 3.63) is 59.2 Å². The van der Waals surface area contributed by atoms with Crippen LogP contribution in [0.5, 0.6) is 0 Å². The van der Waals surface area contributed by atoms with E-state index in [1.165, 1.54) is 24.3 Å². The molecule has 0 spiro atoms. The van der Waals surface area contributed by atoms with Gasteiger partial charge < -0.3 is 5.32 Å². The Morgan fingerprint density at radius 1 is 0.920 bits per heavy atom. The molecule has 0 fully saturated rings. The topological polar surface area (TPSA) is 75.3 Å². The lowest BCUT2D eigenvalue weighted by Crippen LogP contribution is -2.40. The lowest BCUT2D eigenvalue weighted by atomic mass is 10.1. The highest BCUT2D eigenvalue weighted by Gasteiger charge is 2.22. The minimum absolute atomic E-state index is 0.130. The molecule has 0 aliphatic heterocycles. The van der Waals surface area contributed by atoms with Gasteiger partial charge in [0.05, 0.1) is 4.90 Å². The minimum atomic E-state index is -3.61. The number of rotatable bonds is 4. The molecule has 0 unspecified atom stereocenters. The first-order chi connectivity index (χ1) is 11.5. The Kier molecular flexibility index (Phi) is 5.34. The first kappa shape index (κ1) is 19.1. The summed E-state index contributed by atoms with van der Waals surface area (Å²) in [6, 6.07) is 11.7. The number of sulfonamides is 1. The lowest BCUT2D eigenvalue weighted by Gasteiger charge is -2.20. The summed E-state index contributed by atoms with van der Waals surface area (Å²) in [7, 11) is -3.61. The molecule has 5 nitrogen and oxygen atoms in total. The van der Waals surface area contributed by atoms with Gasteiger partial charge in [-0.05, 0) is 82.1 Å². The maximum atomic E-state index is 12.4. The van der Waals surface area contributed by atoms with Crippen molar-refractivity contribution in [3.63, 3.8) is 0 Å². The number of hydrogen-bond donors (Lipinski definition) is 2. The molecule has 0 saturated carbocycles. The molecule has 0 radical (unpaired) electrons. The molecule has 1 amide bonds. The Bertz CT molecular complexity index is 860. The second kappa shape index (κ2) is 6.98. The lowest BCUT2D eigenvalue weighted by molar-refractivity contribution is 0.102. The number of carbonyl (C=O) groups excluding carboxylic acids is 1. The van der Waals surface area contributed by atoms with Crippen LogP contribution in [0.4, 0.5) is 5.69 Å². The second-order valence-corrected chi connectivity index (χ2v) is 8.89. The first-order valence-electron chi connectivity index (χ1n) is 8.00. The molecule has 6 heteroatoms. The summed E-state index contributed by atoms with van der Waals surface area (Å²) in [4.78, 5) is 12.5. The molecule has 0 heterocycles. The van der Waals surface area contributed by atoms with Crippen LogP contribution in [0.15, 0.2) is 47.4 Å². The van der Waals surface area contributed by atoms with Gasteiger partial charge in [-0.1, -0.05) is 6.07 Å². The third-order valence-corrected chi connectivity index (χ3v) is 5.12. The number of benzene rings is 2. The Hall–Kier alpha value is -2.18. The highest BCUT2D eigenvalue weighted by atomic mass is 32.2. The Balaban J connectivity index is 2.18. The maximum Gasteiger partial charge on any atom is 0.255 e. The van der Waals surface area contributed by atoms with Crippen molar-refractivity contribution in [2.24, 2.45) is 0 Å². The van der Waals surface area contributed by atoms with E-state index in [1.54, 1.807) is 20.8 Å². The normalized spacial score (nSPS) is 12.0. The molecule has 2 rings (SSSR count). The van der Waals surface area contributed by atoms with Crippen LogP contribution in [-0.2, 0) is 10.0 Å². The van der Waals surface area contributed by atoms with Gasteiger partial charge in [-0.15, -0.1) is 0 Å². The van der Waals surface area contributed by atoms with Gasteiger partial charge in [0.2, 0.25) is 10.0 Å². The highest BCUT2D eigenvalue weighted by Crippen LogP contribution is 2.17. The average Bonchev–Trinajstić information content (AvgIpc) is 2.43. The number of amides is 1. The van der Waals surface area contributed by atoms with Crippen LogP contribution >= 0.6 is 0 Å². The van der Waals surface area contributed by atoms with Gasteiger partial charge in [0.1, 0.15) is 0 Å². The molecule has 134 valence electrons. The summed E-state index contributed by atoms with van der Waals surface area (Å²) in [6.07, 6.45) is 0. The van der Waals surface area contributed by atoms with Crippen LogP contribution in [0, 0.1) is 13.8 Å². The number of hydrogen-bond acceptors (Lipinski definition) is 3. The minimum Gasteiger partial charge on any atom is -0.322 e. The van der Waals surface area contributed by atoms with Crippen LogP contribution in [0.25, 0.3) is 0 Å². The Morgan fingerprint density at radius 3 is 1.92 bits per heavy atom. The molecule has 0 aromatic heterocycles. The van der Waals surface area contributed by atoms with E-state index < -0.39 is 15.6 Å². The van der Waals surface area contributed by atoms with Crippen LogP contribution in [-0.4, -0.2) is 19.9 Å². The molecule has 0 atom stereocenters. The third-order valence-electron chi connectivity index (χ3n) is 3.35.